The van der Waals surface area contributed by atoms with E-state index in [0.717, 1.165) is 75.9 Å². The average molecular weight is 620 g/mol. The van der Waals surface area contributed by atoms with E-state index in [1.165, 1.54) is 83.5 Å². The van der Waals surface area contributed by atoms with Crippen LogP contribution in [0, 0.1) is 35.0 Å². The largest absolute Gasteiger partial charge is 0.466 e. The molecule has 44 heavy (non-hydrogen) atoms. The van der Waals surface area contributed by atoms with E-state index in [0.29, 0.717) is 43.3 Å². The van der Waals surface area contributed by atoms with Crippen molar-refractivity contribution in [1.82, 2.24) is 4.90 Å². The van der Waals surface area contributed by atoms with E-state index in [9.17, 15) is 14.7 Å². The van der Waals surface area contributed by atoms with Crippen molar-refractivity contribution in [2.45, 2.75) is 156 Å². The van der Waals surface area contributed by atoms with Gasteiger partial charge in [0.1, 0.15) is 0 Å². The lowest BCUT2D eigenvalue weighted by molar-refractivity contribution is -0.152. The molecule has 4 fully saturated rings. The zero-order valence-corrected chi connectivity index (χ0v) is 29.0. The van der Waals surface area contributed by atoms with Crippen LogP contribution in [-0.2, 0) is 19.1 Å². The first-order valence-corrected chi connectivity index (χ1v) is 18.9. The van der Waals surface area contributed by atoms with Crippen LogP contribution in [0.25, 0.3) is 0 Å². The number of nitrogens with zero attached hydrogens (tertiary/aromatic N) is 1. The molecule has 256 valence electrons. The summed E-state index contributed by atoms with van der Waals surface area (Å²) in [5.74, 6) is 3.79. The summed E-state index contributed by atoms with van der Waals surface area (Å²) in [5.41, 5.74) is 0.291. The van der Waals surface area contributed by atoms with E-state index in [4.69, 9.17) is 9.47 Å². The molecule has 4 aliphatic rings. The minimum absolute atomic E-state index is 0.0401. The molecule has 0 aromatic rings. The third kappa shape index (κ3) is 15.0. The first-order chi connectivity index (χ1) is 21.3. The second kappa shape index (κ2) is 20.9. The number of carbonyl (C=O) groups excluding carboxylic acids is 2. The molecule has 0 radical (unpaired) electrons. The number of hydrogen-bond donors (Lipinski definition) is 1. The van der Waals surface area contributed by atoms with E-state index in [1.807, 2.05) is 0 Å². The fraction of sp³-hybridized carbons (Fsp3) is 0.947. The minimum atomic E-state index is -0.0401. The highest BCUT2D eigenvalue weighted by molar-refractivity contribution is 5.70. The van der Waals surface area contributed by atoms with E-state index in [2.05, 4.69) is 25.7 Å². The average Bonchev–Trinajstić information content (AvgIpc) is 2.95. The van der Waals surface area contributed by atoms with Crippen molar-refractivity contribution < 1.29 is 24.2 Å². The summed E-state index contributed by atoms with van der Waals surface area (Å²) in [5, 5.41) is 9.32. The second-order valence-corrected chi connectivity index (χ2v) is 15.8. The Morgan fingerprint density at radius 3 is 1.80 bits per heavy atom. The number of aliphatic hydroxyl groups excluding tert-OH is 1. The Kier molecular flexibility index (Phi) is 17.7. The first kappa shape index (κ1) is 37.3. The lowest BCUT2D eigenvalue weighted by Gasteiger charge is -2.56. The van der Waals surface area contributed by atoms with E-state index in [-0.39, 0.29) is 18.5 Å². The summed E-state index contributed by atoms with van der Waals surface area (Å²) in [6.45, 7) is 11.2. The maximum Gasteiger partial charge on any atom is 0.306 e. The van der Waals surface area contributed by atoms with Crippen LogP contribution in [0.2, 0.25) is 0 Å². The Bertz CT molecular complexity index is 763. The molecule has 1 unspecified atom stereocenters. The van der Waals surface area contributed by atoms with Crippen molar-refractivity contribution in [2.24, 2.45) is 35.0 Å². The smallest absolute Gasteiger partial charge is 0.306 e. The number of unbranched alkanes of at least 4 members (excludes halogenated alkanes) is 9. The molecule has 0 spiro atoms. The van der Waals surface area contributed by atoms with Crippen LogP contribution in [0.15, 0.2) is 0 Å². The Hall–Kier alpha value is -1.14. The highest BCUT2D eigenvalue weighted by Crippen LogP contribution is 2.61. The molecule has 6 heteroatoms. The van der Waals surface area contributed by atoms with Gasteiger partial charge in [-0.2, -0.15) is 0 Å². The van der Waals surface area contributed by atoms with Crippen LogP contribution >= 0.6 is 0 Å². The van der Waals surface area contributed by atoms with Crippen molar-refractivity contribution in [3.8, 4) is 0 Å². The summed E-state index contributed by atoms with van der Waals surface area (Å²) >= 11 is 0. The zero-order chi connectivity index (χ0) is 31.6. The Morgan fingerprint density at radius 1 is 0.705 bits per heavy atom. The number of carbonyl (C=O) groups is 2. The predicted octanol–water partition coefficient (Wildman–Crippen LogP) is 8.73. The van der Waals surface area contributed by atoms with Crippen LogP contribution in [-0.4, -0.2) is 61.4 Å². The first-order valence-electron chi connectivity index (χ1n) is 18.9. The SMILES string of the molecule is CC(C)CC(C)COC(=O)CCCCCCCN(CCCO)CCCCCCCCOC(=O)CC12CC3CC(CC(C3)C1)C2. The maximum absolute atomic E-state index is 12.6. The third-order valence-corrected chi connectivity index (χ3v) is 10.7. The van der Waals surface area contributed by atoms with Crippen LogP contribution < -0.4 is 0 Å². The van der Waals surface area contributed by atoms with Gasteiger partial charge in [-0.3, -0.25) is 9.59 Å². The molecule has 0 aromatic carbocycles. The lowest BCUT2D eigenvalue weighted by atomic mass is 9.49. The van der Waals surface area contributed by atoms with Gasteiger partial charge in [-0.05, 0) is 125 Å². The normalized spacial score (nSPS) is 24.7. The summed E-state index contributed by atoms with van der Waals surface area (Å²) < 4.78 is 11.1. The van der Waals surface area contributed by atoms with Gasteiger partial charge in [-0.15, -0.1) is 0 Å². The molecule has 1 atom stereocenters. The van der Waals surface area contributed by atoms with Crippen LogP contribution in [0.1, 0.15) is 156 Å². The summed E-state index contributed by atoms with van der Waals surface area (Å²) in [6, 6.07) is 0. The van der Waals surface area contributed by atoms with Gasteiger partial charge >= 0.3 is 11.9 Å². The number of ether oxygens (including phenoxy) is 2. The van der Waals surface area contributed by atoms with E-state index >= 15 is 0 Å². The molecular formula is C38H69NO5. The van der Waals surface area contributed by atoms with Gasteiger partial charge in [0.2, 0.25) is 0 Å². The van der Waals surface area contributed by atoms with Crippen molar-refractivity contribution >= 4 is 11.9 Å². The van der Waals surface area contributed by atoms with Gasteiger partial charge in [0.05, 0.1) is 19.6 Å². The predicted molar refractivity (Wildman–Crippen MR) is 179 cm³/mol. The van der Waals surface area contributed by atoms with Gasteiger partial charge in [0.25, 0.3) is 0 Å². The van der Waals surface area contributed by atoms with Crippen LogP contribution in [0.4, 0.5) is 0 Å². The monoisotopic (exact) mass is 620 g/mol. The molecule has 0 saturated heterocycles. The van der Waals surface area contributed by atoms with E-state index in [1.54, 1.807) is 0 Å². The summed E-state index contributed by atoms with van der Waals surface area (Å²) in [7, 11) is 0. The zero-order valence-electron chi connectivity index (χ0n) is 29.0. The summed E-state index contributed by atoms with van der Waals surface area (Å²) in [6.07, 6.45) is 23.9. The topological polar surface area (TPSA) is 76.1 Å². The third-order valence-electron chi connectivity index (χ3n) is 10.7. The van der Waals surface area contributed by atoms with Gasteiger partial charge in [0.15, 0.2) is 0 Å². The standard InChI is InChI=1S/C38H69NO5/c1-31(2)22-32(3)30-44-36(41)16-11-7-6-9-13-18-39(19-15-20-40)17-12-8-4-5-10-14-21-43-37(42)29-38-26-33-23-34(27-38)25-35(24-33)28-38/h31-35,40H,4-30H2,1-3H3. The molecule has 1 N–H and O–H groups in total. The fourth-order valence-corrected chi connectivity index (χ4v) is 9.14. The van der Waals surface area contributed by atoms with E-state index < -0.39 is 0 Å². The quantitative estimate of drug-likeness (QED) is 0.0771. The Morgan fingerprint density at radius 2 is 1.23 bits per heavy atom. The molecule has 4 saturated carbocycles. The number of esters is 2. The Labute approximate surface area is 270 Å². The molecule has 0 aromatic heterocycles. The van der Waals surface area contributed by atoms with Crippen molar-refractivity contribution in [3.05, 3.63) is 0 Å². The van der Waals surface area contributed by atoms with Crippen LogP contribution in [0.3, 0.4) is 0 Å². The van der Waals surface area contributed by atoms with Gasteiger partial charge < -0.3 is 19.5 Å². The molecule has 0 aliphatic heterocycles. The highest BCUT2D eigenvalue weighted by atomic mass is 16.5. The molecule has 4 aliphatic carbocycles. The molecular weight excluding hydrogens is 550 g/mol. The lowest BCUT2D eigenvalue weighted by Crippen LogP contribution is -2.47. The fourth-order valence-electron chi connectivity index (χ4n) is 9.14. The highest BCUT2D eigenvalue weighted by Gasteiger charge is 2.51. The van der Waals surface area contributed by atoms with Gasteiger partial charge in [-0.25, -0.2) is 0 Å². The van der Waals surface area contributed by atoms with Gasteiger partial charge in [0, 0.05) is 19.6 Å². The van der Waals surface area contributed by atoms with Crippen molar-refractivity contribution in [3.63, 3.8) is 0 Å². The van der Waals surface area contributed by atoms with Crippen LogP contribution in [0.5, 0.6) is 0 Å². The molecule has 4 bridgehead atoms. The minimum Gasteiger partial charge on any atom is -0.466 e. The van der Waals surface area contributed by atoms with Gasteiger partial charge in [-0.1, -0.05) is 65.7 Å². The molecule has 0 amide bonds. The Balaban J connectivity index is 1.12. The number of rotatable bonds is 26. The molecule has 0 heterocycles. The van der Waals surface area contributed by atoms with Crippen molar-refractivity contribution in [2.75, 3.05) is 39.5 Å². The summed E-state index contributed by atoms with van der Waals surface area (Å²) in [4.78, 5) is 27.1. The second-order valence-electron chi connectivity index (χ2n) is 15.8. The number of aliphatic hydroxyl groups is 1. The number of hydrogen-bond acceptors (Lipinski definition) is 6. The van der Waals surface area contributed by atoms with Crippen molar-refractivity contribution in [1.29, 1.82) is 0 Å². The molecule has 6 nitrogen and oxygen atoms in total. The molecule has 4 rings (SSSR count). The maximum atomic E-state index is 12.6.